The summed E-state index contributed by atoms with van der Waals surface area (Å²) in [4.78, 5) is 48.9. The summed E-state index contributed by atoms with van der Waals surface area (Å²) in [5, 5.41) is 2.70. The van der Waals surface area contributed by atoms with E-state index in [9.17, 15) is 19.2 Å². The van der Waals surface area contributed by atoms with Crippen LogP contribution >= 0.6 is 11.6 Å². The molecule has 162 valence electrons. The second-order valence-electron chi connectivity index (χ2n) is 6.26. The van der Waals surface area contributed by atoms with E-state index in [2.05, 4.69) is 10.1 Å². The summed E-state index contributed by atoms with van der Waals surface area (Å²) in [5.74, 6) is -1.59. The number of hydrogen-bond acceptors (Lipinski definition) is 8. The van der Waals surface area contributed by atoms with Crippen LogP contribution in [0.1, 0.15) is 28.8 Å². The number of carbonyl (C=O) groups excluding carboxylic acids is 4. The lowest BCUT2D eigenvalue weighted by Gasteiger charge is -2.12. The summed E-state index contributed by atoms with van der Waals surface area (Å²) in [7, 11) is 2.57. The second kappa shape index (κ2) is 8.92. The van der Waals surface area contributed by atoms with Gasteiger partial charge in [-0.3, -0.25) is 14.5 Å². The molecule has 0 unspecified atom stereocenters. The van der Waals surface area contributed by atoms with Crippen molar-refractivity contribution in [3.63, 3.8) is 0 Å². The second-order valence-corrected chi connectivity index (χ2v) is 6.69. The van der Waals surface area contributed by atoms with Crippen LogP contribution < -0.4 is 14.8 Å². The Morgan fingerprint density at radius 1 is 1.23 bits per heavy atom. The van der Waals surface area contributed by atoms with Gasteiger partial charge in [0.15, 0.2) is 11.5 Å². The number of nitrogens with zero attached hydrogens (tertiary/aromatic N) is 1. The molecule has 0 bridgehead atoms. The van der Waals surface area contributed by atoms with Crippen molar-refractivity contribution in [2.75, 3.05) is 14.2 Å². The topological polar surface area (TPSA) is 124 Å². The van der Waals surface area contributed by atoms with Gasteiger partial charge in [0.2, 0.25) is 5.76 Å². The van der Waals surface area contributed by atoms with E-state index in [0.29, 0.717) is 0 Å². The van der Waals surface area contributed by atoms with E-state index in [0.717, 1.165) is 4.90 Å². The number of nitrogens with one attached hydrogen (secondary N) is 1. The van der Waals surface area contributed by atoms with E-state index >= 15 is 0 Å². The molecule has 2 heterocycles. The number of ether oxygens (including phenoxy) is 3. The molecule has 1 aliphatic rings. The molecule has 0 aliphatic carbocycles. The van der Waals surface area contributed by atoms with Crippen molar-refractivity contribution in [2.45, 2.75) is 13.5 Å². The number of amides is 3. The molecule has 1 aliphatic heterocycles. The third-order valence-corrected chi connectivity index (χ3v) is 4.36. The van der Waals surface area contributed by atoms with E-state index in [1.807, 2.05) is 0 Å². The standard InChI is InChI=1S/C20H17ClN2O8/c1-10(24)30-17-11(6-12(21)8-16(17)28-2)7-14-18(25)23(20(27)22-14)9-13-4-5-15(31-13)19(26)29-3/h4-8H,9H2,1-3H3,(H,22,27). The first-order valence-corrected chi connectivity index (χ1v) is 9.18. The average Bonchev–Trinajstić information content (AvgIpc) is 3.29. The number of methoxy groups -OCH3 is 2. The Kier molecular flexibility index (Phi) is 6.30. The first-order chi connectivity index (χ1) is 14.7. The zero-order valence-corrected chi connectivity index (χ0v) is 17.4. The van der Waals surface area contributed by atoms with Gasteiger partial charge in [-0.25, -0.2) is 9.59 Å². The molecule has 2 aromatic rings. The third kappa shape index (κ3) is 4.69. The van der Waals surface area contributed by atoms with E-state index in [1.165, 1.54) is 51.5 Å². The fraction of sp³-hybridized carbons (Fsp3) is 0.200. The zero-order chi connectivity index (χ0) is 22.7. The average molecular weight is 449 g/mol. The molecule has 0 saturated carbocycles. The van der Waals surface area contributed by atoms with Crippen molar-refractivity contribution in [2.24, 2.45) is 0 Å². The van der Waals surface area contributed by atoms with E-state index in [4.69, 9.17) is 25.5 Å². The minimum absolute atomic E-state index is 0.0427. The maximum Gasteiger partial charge on any atom is 0.373 e. The van der Waals surface area contributed by atoms with Crippen LogP contribution in [-0.2, 0) is 20.9 Å². The van der Waals surface area contributed by atoms with Gasteiger partial charge in [-0.1, -0.05) is 11.6 Å². The van der Waals surface area contributed by atoms with Crippen molar-refractivity contribution < 1.29 is 37.8 Å². The van der Waals surface area contributed by atoms with Crippen molar-refractivity contribution in [3.05, 3.63) is 52.1 Å². The van der Waals surface area contributed by atoms with Crippen LogP contribution in [-0.4, -0.2) is 43.0 Å². The number of carbonyl (C=O) groups is 4. The van der Waals surface area contributed by atoms with Gasteiger partial charge in [0.05, 0.1) is 20.8 Å². The van der Waals surface area contributed by atoms with Gasteiger partial charge in [0.25, 0.3) is 5.91 Å². The molecule has 3 amide bonds. The van der Waals surface area contributed by atoms with Crippen LogP contribution in [0, 0.1) is 0 Å². The number of benzene rings is 1. The predicted octanol–water partition coefficient (Wildman–Crippen LogP) is 2.75. The molecule has 3 rings (SSSR count). The maximum absolute atomic E-state index is 12.8. The van der Waals surface area contributed by atoms with Gasteiger partial charge in [0.1, 0.15) is 11.5 Å². The minimum atomic E-state index is -0.699. The molecule has 1 N–H and O–H groups in total. The number of urea groups is 1. The van der Waals surface area contributed by atoms with E-state index in [-0.39, 0.29) is 45.8 Å². The SMILES string of the molecule is COC(=O)c1ccc(CN2C(=O)NC(=Cc3cc(Cl)cc(OC)c3OC(C)=O)C2=O)o1. The van der Waals surface area contributed by atoms with Gasteiger partial charge >= 0.3 is 18.0 Å². The smallest absolute Gasteiger partial charge is 0.373 e. The lowest BCUT2D eigenvalue weighted by atomic mass is 10.1. The molecular weight excluding hydrogens is 432 g/mol. The van der Waals surface area contributed by atoms with Crippen LogP contribution in [0.2, 0.25) is 5.02 Å². The van der Waals surface area contributed by atoms with Crippen LogP contribution in [0.5, 0.6) is 11.5 Å². The van der Waals surface area contributed by atoms with Gasteiger partial charge in [0, 0.05) is 23.6 Å². The molecule has 1 fully saturated rings. The Labute approximate surface area is 181 Å². The molecular formula is C20H17ClN2O8. The molecule has 1 aromatic heterocycles. The Balaban J connectivity index is 1.90. The number of halogens is 1. The quantitative estimate of drug-likeness (QED) is 0.309. The summed E-state index contributed by atoms with van der Waals surface area (Å²) in [5.41, 5.74) is 0.165. The number of furan rings is 1. The molecule has 0 atom stereocenters. The number of hydrogen-bond donors (Lipinski definition) is 1. The number of imide groups is 1. The summed E-state index contributed by atoms with van der Waals surface area (Å²) in [6.45, 7) is 0.996. The van der Waals surface area contributed by atoms with Crippen LogP contribution in [0.15, 0.2) is 34.4 Å². The molecule has 1 saturated heterocycles. The van der Waals surface area contributed by atoms with Crippen LogP contribution in [0.4, 0.5) is 4.79 Å². The maximum atomic E-state index is 12.8. The fourth-order valence-electron chi connectivity index (χ4n) is 2.80. The minimum Gasteiger partial charge on any atom is -0.493 e. The molecule has 11 heteroatoms. The monoisotopic (exact) mass is 448 g/mol. The van der Waals surface area contributed by atoms with Gasteiger partial charge in [-0.15, -0.1) is 0 Å². The van der Waals surface area contributed by atoms with Crippen LogP contribution in [0.3, 0.4) is 0 Å². The Hall–Kier alpha value is -3.79. The number of rotatable bonds is 6. The summed E-state index contributed by atoms with van der Waals surface area (Å²) in [6.07, 6.45) is 1.31. The van der Waals surface area contributed by atoms with Crippen molar-refractivity contribution in [1.82, 2.24) is 10.2 Å². The third-order valence-electron chi connectivity index (χ3n) is 4.14. The van der Waals surface area contributed by atoms with E-state index in [1.54, 1.807) is 0 Å². The highest BCUT2D eigenvalue weighted by atomic mass is 35.5. The zero-order valence-electron chi connectivity index (χ0n) is 16.7. The van der Waals surface area contributed by atoms with Crippen molar-refractivity contribution >= 4 is 41.6 Å². The van der Waals surface area contributed by atoms with E-state index < -0.39 is 23.9 Å². The predicted molar refractivity (Wildman–Crippen MR) is 106 cm³/mol. The van der Waals surface area contributed by atoms with Gasteiger partial charge < -0.3 is 23.9 Å². The molecule has 0 spiro atoms. The van der Waals surface area contributed by atoms with Crippen molar-refractivity contribution in [1.29, 1.82) is 0 Å². The fourth-order valence-corrected chi connectivity index (χ4v) is 3.02. The Morgan fingerprint density at radius 3 is 2.61 bits per heavy atom. The lowest BCUT2D eigenvalue weighted by molar-refractivity contribution is -0.132. The van der Waals surface area contributed by atoms with Gasteiger partial charge in [-0.05, 0) is 24.3 Å². The van der Waals surface area contributed by atoms with Gasteiger partial charge in [-0.2, -0.15) is 0 Å². The summed E-state index contributed by atoms with van der Waals surface area (Å²) >= 11 is 6.08. The Bertz CT molecular complexity index is 1100. The number of esters is 2. The normalized spacial score (nSPS) is 14.6. The molecule has 0 radical (unpaired) electrons. The molecule has 10 nitrogen and oxygen atoms in total. The highest BCUT2D eigenvalue weighted by Gasteiger charge is 2.35. The molecule has 1 aromatic carbocycles. The molecule has 31 heavy (non-hydrogen) atoms. The Morgan fingerprint density at radius 2 is 1.97 bits per heavy atom. The summed E-state index contributed by atoms with van der Waals surface area (Å²) in [6, 6.07) is 5.02. The van der Waals surface area contributed by atoms with Crippen molar-refractivity contribution in [3.8, 4) is 11.5 Å². The first kappa shape index (κ1) is 21.9. The summed E-state index contributed by atoms with van der Waals surface area (Å²) < 4.78 is 20.2. The lowest BCUT2D eigenvalue weighted by Crippen LogP contribution is -2.30. The first-order valence-electron chi connectivity index (χ1n) is 8.81. The largest absolute Gasteiger partial charge is 0.493 e. The highest BCUT2D eigenvalue weighted by Crippen LogP contribution is 2.36. The van der Waals surface area contributed by atoms with Crippen LogP contribution in [0.25, 0.3) is 6.08 Å². The highest BCUT2D eigenvalue weighted by molar-refractivity contribution is 6.31.